The molecule has 1 aromatic carbocycles. The summed E-state index contributed by atoms with van der Waals surface area (Å²) in [6.45, 7) is 3.31. The molecular weight excluding hydrogens is 330 g/mol. The summed E-state index contributed by atoms with van der Waals surface area (Å²) in [5.41, 5.74) is 2.29. The average Bonchev–Trinajstić information content (AvgIpc) is 3.16. The van der Waals surface area contributed by atoms with Gasteiger partial charge in [0.15, 0.2) is 6.10 Å². The highest BCUT2D eigenvalue weighted by molar-refractivity contribution is 7.15. The number of ether oxygens (including phenoxy) is 1. The zero-order valence-electron chi connectivity index (χ0n) is 13.3. The molecule has 5 heteroatoms. The minimum absolute atomic E-state index is 0.275. The molecule has 1 fully saturated rings. The molecule has 1 heterocycles. The predicted molar refractivity (Wildman–Crippen MR) is 94.0 cm³/mol. The summed E-state index contributed by atoms with van der Waals surface area (Å²) in [5, 5.41) is 1.60. The Labute approximate surface area is 145 Å². The zero-order valence-corrected chi connectivity index (χ0v) is 14.9. The fourth-order valence-corrected chi connectivity index (χ4v) is 4.37. The normalized spacial score (nSPS) is 16.5. The SMILES string of the molecule is CC(=O)OC(C)c1nc(C2CCCC2)c(-c2ccc(Cl)cc2)s1. The Morgan fingerprint density at radius 2 is 1.96 bits per heavy atom. The maximum Gasteiger partial charge on any atom is 0.303 e. The molecule has 1 aliphatic carbocycles. The van der Waals surface area contributed by atoms with Gasteiger partial charge in [-0.05, 0) is 37.5 Å². The van der Waals surface area contributed by atoms with Gasteiger partial charge in [-0.15, -0.1) is 11.3 Å². The molecule has 1 aromatic heterocycles. The summed E-state index contributed by atoms with van der Waals surface area (Å²) in [7, 11) is 0. The minimum Gasteiger partial charge on any atom is -0.455 e. The van der Waals surface area contributed by atoms with Crippen molar-refractivity contribution in [3.05, 3.63) is 40.0 Å². The summed E-state index contributed by atoms with van der Waals surface area (Å²) in [4.78, 5) is 17.3. The van der Waals surface area contributed by atoms with Crippen LogP contribution in [-0.2, 0) is 9.53 Å². The number of esters is 1. The van der Waals surface area contributed by atoms with Gasteiger partial charge in [0.2, 0.25) is 0 Å². The van der Waals surface area contributed by atoms with E-state index < -0.39 is 0 Å². The Hall–Kier alpha value is -1.39. The Bertz CT molecular complexity index is 690. The van der Waals surface area contributed by atoms with Gasteiger partial charge in [0, 0.05) is 17.9 Å². The summed E-state index contributed by atoms with van der Waals surface area (Å²) in [5.74, 6) is 0.235. The molecule has 0 radical (unpaired) electrons. The number of rotatable bonds is 4. The van der Waals surface area contributed by atoms with Crippen molar-refractivity contribution in [2.45, 2.75) is 51.6 Å². The van der Waals surface area contributed by atoms with Gasteiger partial charge in [0.05, 0.1) is 10.6 Å². The third-order valence-corrected chi connectivity index (χ3v) is 5.74. The quantitative estimate of drug-likeness (QED) is 0.660. The Balaban J connectivity index is 1.99. The second-order valence-electron chi connectivity index (χ2n) is 6.01. The maximum absolute atomic E-state index is 11.2. The number of hydrogen-bond donors (Lipinski definition) is 0. The van der Waals surface area contributed by atoms with E-state index in [0.29, 0.717) is 5.92 Å². The number of carbonyl (C=O) groups is 1. The number of halogens is 1. The van der Waals surface area contributed by atoms with Crippen LogP contribution in [0, 0.1) is 0 Å². The highest BCUT2D eigenvalue weighted by atomic mass is 35.5. The van der Waals surface area contributed by atoms with Crippen LogP contribution >= 0.6 is 22.9 Å². The molecule has 122 valence electrons. The minimum atomic E-state index is -0.307. The molecule has 0 saturated heterocycles. The molecule has 0 amide bonds. The standard InChI is InChI=1S/C18H20ClNO2S/c1-11(22-12(2)21)18-20-16(13-5-3-4-6-13)17(23-18)14-7-9-15(19)10-8-14/h7-11,13H,3-6H2,1-2H3. The van der Waals surface area contributed by atoms with E-state index >= 15 is 0 Å². The molecule has 0 bridgehead atoms. The lowest BCUT2D eigenvalue weighted by molar-refractivity contribution is -0.145. The van der Waals surface area contributed by atoms with E-state index in [-0.39, 0.29) is 12.1 Å². The van der Waals surface area contributed by atoms with E-state index in [0.717, 1.165) is 21.3 Å². The highest BCUT2D eigenvalue weighted by Gasteiger charge is 2.26. The largest absolute Gasteiger partial charge is 0.455 e. The van der Waals surface area contributed by atoms with Crippen LogP contribution in [0.15, 0.2) is 24.3 Å². The van der Waals surface area contributed by atoms with Crippen LogP contribution in [0.3, 0.4) is 0 Å². The van der Waals surface area contributed by atoms with Crippen molar-refractivity contribution in [1.29, 1.82) is 0 Å². The van der Waals surface area contributed by atoms with E-state index in [9.17, 15) is 4.79 Å². The smallest absolute Gasteiger partial charge is 0.303 e. The Morgan fingerprint density at radius 3 is 2.57 bits per heavy atom. The average molecular weight is 350 g/mol. The van der Waals surface area contributed by atoms with Crippen molar-refractivity contribution in [3.63, 3.8) is 0 Å². The lowest BCUT2D eigenvalue weighted by atomic mass is 10.0. The van der Waals surface area contributed by atoms with Gasteiger partial charge in [-0.2, -0.15) is 0 Å². The lowest BCUT2D eigenvalue weighted by Crippen LogP contribution is -2.05. The third-order valence-electron chi connectivity index (χ3n) is 4.21. The number of aromatic nitrogens is 1. The molecule has 1 aliphatic rings. The van der Waals surface area contributed by atoms with Crippen LogP contribution < -0.4 is 0 Å². The van der Waals surface area contributed by atoms with E-state index in [4.69, 9.17) is 21.3 Å². The van der Waals surface area contributed by atoms with E-state index in [1.54, 1.807) is 11.3 Å². The van der Waals surface area contributed by atoms with Crippen LogP contribution in [0.4, 0.5) is 0 Å². The van der Waals surface area contributed by atoms with Crippen LogP contribution in [-0.4, -0.2) is 11.0 Å². The van der Waals surface area contributed by atoms with Gasteiger partial charge in [-0.1, -0.05) is 36.6 Å². The highest BCUT2D eigenvalue weighted by Crippen LogP contribution is 2.43. The van der Waals surface area contributed by atoms with Gasteiger partial charge >= 0.3 is 5.97 Å². The van der Waals surface area contributed by atoms with Crippen molar-refractivity contribution in [2.24, 2.45) is 0 Å². The first-order valence-corrected chi connectivity index (χ1v) is 9.18. The molecule has 0 spiro atoms. The number of benzene rings is 1. The number of hydrogen-bond acceptors (Lipinski definition) is 4. The summed E-state index contributed by atoms with van der Waals surface area (Å²) >= 11 is 7.63. The summed E-state index contributed by atoms with van der Waals surface area (Å²) in [6, 6.07) is 7.89. The molecule has 0 aliphatic heterocycles. The summed E-state index contributed by atoms with van der Waals surface area (Å²) < 4.78 is 5.31. The van der Waals surface area contributed by atoms with Gasteiger partial charge in [-0.3, -0.25) is 4.79 Å². The second kappa shape index (κ2) is 7.02. The van der Waals surface area contributed by atoms with Crippen LogP contribution in [0.5, 0.6) is 0 Å². The Morgan fingerprint density at radius 1 is 1.30 bits per heavy atom. The molecule has 23 heavy (non-hydrogen) atoms. The van der Waals surface area contributed by atoms with Crippen molar-refractivity contribution >= 4 is 28.9 Å². The molecule has 0 N–H and O–H groups in total. The molecular formula is C18H20ClNO2S. The van der Waals surface area contributed by atoms with E-state index in [1.807, 2.05) is 31.2 Å². The first-order valence-electron chi connectivity index (χ1n) is 7.98. The fourth-order valence-electron chi connectivity index (χ4n) is 3.11. The van der Waals surface area contributed by atoms with E-state index in [1.165, 1.54) is 37.5 Å². The van der Waals surface area contributed by atoms with Gasteiger partial charge in [0.1, 0.15) is 5.01 Å². The second-order valence-corrected chi connectivity index (χ2v) is 7.47. The first kappa shape index (κ1) is 16.5. The van der Waals surface area contributed by atoms with Crippen molar-refractivity contribution < 1.29 is 9.53 Å². The zero-order chi connectivity index (χ0) is 16.4. The predicted octanol–water partition coefficient (Wildman–Crippen LogP) is 5.75. The fraction of sp³-hybridized carbons (Fsp3) is 0.444. The van der Waals surface area contributed by atoms with Crippen molar-refractivity contribution in [2.75, 3.05) is 0 Å². The van der Waals surface area contributed by atoms with Crippen LogP contribution in [0.1, 0.15) is 62.3 Å². The Kier molecular flexibility index (Phi) is 5.02. The molecule has 1 atom stereocenters. The monoisotopic (exact) mass is 349 g/mol. The van der Waals surface area contributed by atoms with E-state index in [2.05, 4.69) is 0 Å². The number of thiazole rings is 1. The van der Waals surface area contributed by atoms with Crippen LogP contribution in [0.25, 0.3) is 10.4 Å². The number of nitrogens with zero attached hydrogens (tertiary/aromatic N) is 1. The van der Waals surface area contributed by atoms with Gasteiger partial charge in [0.25, 0.3) is 0 Å². The molecule has 3 rings (SSSR count). The molecule has 1 unspecified atom stereocenters. The maximum atomic E-state index is 11.2. The van der Waals surface area contributed by atoms with Crippen LogP contribution in [0.2, 0.25) is 5.02 Å². The van der Waals surface area contributed by atoms with Gasteiger partial charge < -0.3 is 4.74 Å². The van der Waals surface area contributed by atoms with Crippen molar-refractivity contribution in [3.8, 4) is 10.4 Å². The first-order chi connectivity index (χ1) is 11.0. The molecule has 2 aromatic rings. The van der Waals surface area contributed by atoms with Gasteiger partial charge in [-0.25, -0.2) is 4.98 Å². The topological polar surface area (TPSA) is 39.2 Å². The lowest BCUT2D eigenvalue weighted by Gasteiger charge is -2.09. The molecule has 3 nitrogen and oxygen atoms in total. The number of carbonyl (C=O) groups excluding carboxylic acids is 1. The third kappa shape index (κ3) is 3.75. The molecule has 1 saturated carbocycles. The summed E-state index contributed by atoms with van der Waals surface area (Å²) in [6.07, 6.45) is 4.59. The van der Waals surface area contributed by atoms with Crippen molar-refractivity contribution in [1.82, 2.24) is 4.98 Å².